The largest absolute Gasteiger partial charge is 0.497 e. The predicted octanol–water partition coefficient (Wildman–Crippen LogP) is 2.66. The quantitative estimate of drug-likeness (QED) is 0.577. The number of Topliss-reactive ketones (excluding diaryl/α,β-unsaturated/α-hetero) is 1. The Bertz CT molecular complexity index is 1100. The maximum absolute atomic E-state index is 13.5. The van der Waals surface area contributed by atoms with Crippen LogP contribution in [-0.2, 0) is 4.79 Å². The minimum absolute atomic E-state index is 0.167. The van der Waals surface area contributed by atoms with Crippen LogP contribution >= 0.6 is 0 Å². The fraction of sp³-hybridized carbons (Fsp3) is 0.273. The molecule has 2 aromatic carbocycles. The average Bonchev–Trinajstić information content (AvgIpc) is 3.30. The lowest BCUT2D eigenvalue weighted by atomic mass is 10.0. The van der Waals surface area contributed by atoms with Gasteiger partial charge in [0.25, 0.3) is 0 Å². The molecule has 1 atom stereocenters. The molecule has 0 fully saturated rings. The lowest BCUT2D eigenvalue weighted by Gasteiger charge is -2.35. The first-order valence-electron chi connectivity index (χ1n) is 9.64. The number of nitrogens with zero attached hydrogens (tertiary/aromatic N) is 2. The van der Waals surface area contributed by atoms with E-state index in [-0.39, 0.29) is 6.42 Å². The number of fused-ring (bicyclic) bond motifs is 1. The van der Waals surface area contributed by atoms with E-state index in [1.165, 1.54) is 0 Å². The number of ketones is 1. The summed E-state index contributed by atoms with van der Waals surface area (Å²) in [6, 6.07) is 12.8. The molecule has 1 aliphatic rings. The van der Waals surface area contributed by atoms with E-state index in [9.17, 15) is 9.90 Å². The van der Waals surface area contributed by atoms with Crippen molar-refractivity contribution in [3.8, 4) is 11.5 Å². The number of hydrogen-bond acceptors (Lipinski definition) is 7. The highest BCUT2D eigenvalue weighted by molar-refractivity contribution is 6.29. The third-order valence-corrected chi connectivity index (χ3v) is 5.37. The van der Waals surface area contributed by atoms with Crippen molar-refractivity contribution >= 4 is 28.1 Å². The number of ether oxygens (including phenoxy) is 2. The maximum atomic E-state index is 13.5. The van der Waals surface area contributed by atoms with Crippen molar-refractivity contribution in [2.75, 3.05) is 26.2 Å². The summed E-state index contributed by atoms with van der Waals surface area (Å²) in [6.45, 7) is 1.76. The molecule has 0 amide bonds. The van der Waals surface area contributed by atoms with E-state index < -0.39 is 11.5 Å². The summed E-state index contributed by atoms with van der Waals surface area (Å²) in [5, 5.41) is 14.6. The molecule has 1 aliphatic heterocycles. The molecule has 0 bridgehead atoms. The number of aliphatic hydroxyl groups is 1. The number of para-hydroxylation sites is 2. The molecular formula is C22H24N4O4. The highest BCUT2D eigenvalue weighted by Crippen LogP contribution is 2.43. The van der Waals surface area contributed by atoms with Crippen molar-refractivity contribution in [3.63, 3.8) is 0 Å². The van der Waals surface area contributed by atoms with E-state index in [1.54, 1.807) is 51.3 Å². The number of rotatable bonds is 6. The van der Waals surface area contributed by atoms with Gasteiger partial charge < -0.3 is 24.9 Å². The topological polar surface area (TPSA) is 99.7 Å². The van der Waals surface area contributed by atoms with Gasteiger partial charge in [0.2, 0.25) is 11.5 Å². The number of hydrogen-bond donors (Lipinski definition) is 3. The Balaban J connectivity index is 1.95. The van der Waals surface area contributed by atoms with Gasteiger partial charge in [0, 0.05) is 31.7 Å². The van der Waals surface area contributed by atoms with Gasteiger partial charge in [0.15, 0.2) is 0 Å². The van der Waals surface area contributed by atoms with Crippen LogP contribution < -0.4 is 19.7 Å². The Labute approximate surface area is 174 Å². The van der Waals surface area contributed by atoms with Crippen molar-refractivity contribution in [2.24, 2.45) is 0 Å². The van der Waals surface area contributed by atoms with Crippen molar-refractivity contribution in [1.29, 1.82) is 0 Å². The van der Waals surface area contributed by atoms with E-state index in [2.05, 4.69) is 15.3 Å². The summed E-state index contributed by atoms with van der Waals surface area (Å²) in [7, 11) is 4.81. The van der Waals surface area contributed by atoms with E-state index in [0.717, 1.165) is 11.0 Å². The van der Waals surface area contributed by atoms with Crippen LogP contribution in [0.2, 0.25) is 0 Å². The Morgan fingerprint density at radius 2 is 1.83 bits per heavy atom. The molecule has 1 aromatic heterocycles. The Hall–Kier alpha value is -3.52. The summed E-state index contributed by atoms with van der Waals surface area (Å²) >= 11 is 0. The summed E-state index contributed by atoms with van der Waals surface area (Å²) in [4.78, 5) is 22.8. The minimum Gasteiger partial charge on any atom is -0.497 e. The van der Waals surface area contributed by atoms with Gasteiger partial charge in [-0.25, -0.2) is 4.98 Å². The number of benzene rings is 2. The molecule has 0 spiro atoms. The Morgan fingerprint density at radius 1 is 1.17 bits per heavy atom. The van der Waals surface area contributed by atoms with Crippen molar-refractivity contribution in [3.05, 3.63) is 54.1 Å². The molecule has 1 unspecified atom stereocenters. The fourth-order valence-corrected chi connectivity index (χ4v) is 3.82. The summed E-state index contributed by atoms with van der Waals surface area (Å²) < 4.78 is 10.8. The summed E-state index contributed by atoms with van der Waals surface area (Å²) in [5.74, 6) is 1.49. The zero-order valence-corrected chi connectivity index (χ0v) is 17.3. The molecule has 0 radical (unpaired) electrons. The van der Waals surface area contributed by atoms with E-state index >= 15 is 0 Å². The number of carbonyl (C=O) groups is 1. The Kier molecular flexibility index (Phi) is 4.87. The standard InChI is InChI=1S/C22H24N4O4/c1-5-22(28)19(27)18(20-24-16-8-6-7-9-17(16)25-20)21(23-2)26(22)13-10-14(29-3)12-15(11-13)30-4/h6-12,23,28H,5H2,1-4H3,(H,24,25). The minimum atomic E-state index is -1.79. The number of methoxy groups -OCH3 is 2. The normalized spacial score (nSPS) is 19.0. The SMILES string of the molecule is CCC1(O)C(=O)C(c2nc3ccccc3[nH]2)=C(NC)N1c1cc(OC)cc(OC)c1. The van der Waals surface area contributed by atoms with Gasteiger partial charge in [0.05, 0.1) is 30.9 Å². The smallest absolute Gasteiger partial charge is 0.223 e. The molecule has 8 heteroatoms. The van der Waals surface area contributed by atoms with Gasteiger partial charge in [0.1, 0.15) is 28.7 Å². The van der Waals surface area contributed by atoms with Crippen molar-refractivity contribution < 1.29 is 19.4 Å². The second-order valence-corrected chi connectivity index (χ2v) is 6.98. The monoisotopic (exact) mass is 408 g/mol. The van der Waals surface area contributed by atoms with Gasteiger partial charge in [-0.3, -0.25) is 9.69 Å². The van der Waals surface area contributed by atoms with Gasteiger partial charge in [-0.05, 0) is 12.1 Å². The number of aromatic nitrogens is 2. The summed E-state index contributed by atoms with van der Waals surface area (Å²) in [5.41, 5.74) is 0.609. The van der Waals surface area contributed by atoms with Gasteiger partial charge in [-0.2, -0.15) is 0 Å². The first kappa shape index (κ1) is 19.8. The number of nitrogens with one attached hydrogen (secondary N) is 2. The number of imidazole rings is 1. The Morgan fingerprint density at radius 3 is 2.40 bits per heavy atom. The second kappa shape index (κ2) is 7.38. The summed E-state index contributed by atoms with van der Waals surface area (Å²) in [6.07, 6.45) is 0.167. The highest BCUT2D eigenvalue weighted by atomic mass is 16.5. The molecule has 3 aromatic rings. The lowest BCUT2D eigenvalue weighted by molar-refractivity contribution is -0.129. The fourth-order valence-electron chi connectivity index (χ4n) is 3.82. The average molecular weight is 408 g/mol. The van der Waals surface area contributed by atoms with Crippen molar-refractivity contribution in [2.45, 2.75) is 19.1 Å². The van der Waals surface area contributed by atoms with E-state index in [1.807, 2.05) is 24.3 Å². The van der Waals surface area contributed by atoms with Gasteiger partial charge >= 0.3 is 0 Å². The van der Waals surface area contributed by atoms with Crippen LogP contribution in [0.5, 0.6) is 11.5 Å². The van der Waals surface area contributed by atoms with Crippen LogP contribution in [0.25, 0.3) is 16.6 Å². The number of carbonyl (C=O) groups excluding carboxylic acids is 1. The molecule has 0 aliphatic carbocycles. The highest BCUT2D eigenvalue weighted by Gasteiger charge is 2.52. The van der Waals surface area contributed by atoms with Gasteiger partial charge in [-0.15, -0.1) is 0 Å². The van der Waals surface area contributed by atoms with Gasteiger partial charge in [-0.1, -0.05) is 19.1 Å². The molecule has 8 nitrogen and oxygen atoms in total. The van der Waals surface area contributed by atoms with Crippen LogP contribution in [0.3, 0.4) is 0 Å². The molecule has 2 heterocycles. The zero-order chi connectivity index (χ0) is 21.5. The van der Waals surface area contributed by atoms with Crippen LogP contribution in [0, 0.1) is 0 Å². The van der Waals surface area contributed by atoms with E-state index in [4.69, 9.17) is 9.47 Å². The van der Waals surface area contributed by atoms with Crippen LogP contribution in [0.1, 0.15) is 19.2 Å². The molecule has 0 saturated heterocycles. The third-order valence-electron chi connectivity index (χ3n) is 5.37. The first-order valence-corrected chi connectivity index (χ1v) is 9.64. The third kappa shape index (κ3) is 2.88. The predicted molar refractivity (Wildman–Crippen MR) is 114 cm³/mol. The first-order chi connectivity index (χ1) is 14.5. The molecular weight excluding hydrogens is 384 g/mol. The molecule has 3 N–H and O–H groups in total. The molecule has 0 saturated carbocycles. The van der Waals surface area contributed by atoms with Crippen LogP contribution in [0.4, 0.5) is 5.69 Å². The zero-order valence-electron chi connectivity index (χ0n) is 17.3. The van der Waals surface area contributed by atoms with E-state index in [0.29, 0.717) is 34.4 Å². The van der Waals surface area contributed by atoms with Crippen LogP contribution in [0.15, 0.2) is 48.3 Å². The maximum Gasteiger partial charge on any atom is 0.223 e. The van der Waals surface area contributed by atoms with Crippen molar-refractivity contribution in [1.82, 2.24) is 15.3 Å². The number of aromatic amines is 1. The molecule has 30 heavy (non-hydrogen) atoms. The molecule has 156 valence electrons. The second-order valence-electron chi connectivity index (χ2n) is 6.98. The number of anilines is 1. The van der Waals surface area contributed by atoms with Crippen LogP contribution in [-0.4, -0.2) is 47.8 Å². The molecule has 4 rings (SSSR count). The lowest BCUT2D eigenvalue weighted by Crippen LogP contribution is -2.50. The number of H-pyrrole nitrogens is 1.